The molecule has 11 atom stereocenters. The lowest BCUT2D eigenvalue weighted by Crippen LogP contribution is -2.69. The maximum Gasteiger partial charge on any atom is 0.407 e. The van der Waals surface area contributed by atoms with E-state index in [2.05, 4.69) is 5.32 Å². The highest BCUT2D eigenvalue weighted by Crippen LogP contribution is 2.42. The molecule has 0 saturated carbocycles. The van der Waals surface area contributed by atoms with Crippen molar-refractivity contribution in [2.75, 3.05) is 19.8 Å². The molecule has 2 N–H and O–H groups in total. The van der Waals surface area contributed by atoms with Crippen molar-refractivity contribution in [3.05, 3.63) is 173 Å². The Hall–Kier alpha value is -3.77. The van der Waals surface area contributed by atoms with E-state index in [9.17, 15) is 9.90 Å². The van der Waals surface area contributed by atoms with Gasteiger partial charge in [0.15, 0.2) is 12.6 Å². The first kappa shape index (κ1) is 48.7. The van der Waals surface area contributed by atoms with Crippen LogP contribution in [0.1, 0.15) is 34.1 Å². The van der Waals surface area contributed by atoms with E-state index in [-0.39, 0.29) is 33.0 Å². The third-order valence-electron chi connectivity index (χ3n) is 11.2. The Morgan fingerprint density at radius 3 is 1.91 bits per heavy atom. The number of carbonyl (C=O) groups excluding carboxylic acids is 1. The first-order valence-electron chi connectivity index (χ1n) is 21.7. The van der Waals surface area contributed by atoms with Gasteiger partial charge in [0.05, 0.1) is 39.1 Å². The molecule has 0 bridgehead atoms. The average Bonchev–Trinajstić information content (AvgIpc) is 3.33. The van der Waals surface area contributed by atoms with Crippen molar-refractivity contribution in [1.82, 2.24) is 5.32 Å². The van der Waals surface area contributed by atoms with Crippen molar-refractivity contribution in [3.63, 3.8) is 0 Å². The summed E-state index contributed by atoms with van der Waals surface area (Å²) in [4.78, 5) is 14.6. The maximum absolute atomic E-state index is 13.7. The van der Waals surface area contributed by atoms with Crippen molar-refractivity contribution in [3.8, 4) is 0 Å². The van der Waals surface area contributed by atoms with Crippen LogP contribution in [-0.2, 0) is 62.5 Å². The minimum Gasteiger partial charge on any atom is -0.445 e. The lowest BCUT2D eigenvalue weighted by atomic mass is 9.95. The largest absolute Gasteiger partial charge is 0.445 e. The molecule has 350 valence electrons. The molecular formula is C50H52Cl3NO11S. The molecule has 3 saturated heterocycles. The summed E-state index contributed by atoms with van der Waals surface area (Å²) in [6.45, 7) is 2.25. The second-order valence-corrected chi connectivity index (χ2v) is 19.9. The van der Waals surface area contributed by atoms with Crippen LogP contribution < -0.4 is 5.32 Å². The number of alkyl carbamates (subject to hydrolysis) is 1. The number of thioether (sulfide) groups is 1. The zero-order valence-corrected chi connectivity index (χ0v) is 39.1. The van der Waals surface area contributed by atoms with Gasteiger partial charge in [0.1, 0.15) is 54.8 Å². The molecule has 5 aromatic rings. The number of aryl methyl sites for hydroxylation is 1. The van der Waals surface area contributed by atoms with Crippen LogP contribution in [0.4, 0.5) is 4.79 Å². The van der Waals surface area contributed by atoms with E-state index in [0.29, 0.717) is 0 Å². The zero-order chi connectivity index (χ0) is 45.9. The van der Waals surface area contributed by atoms with E-state index >= 15 is 0 Å². The van der Waals surface area contributed by atoms with E-state index < -0.39 is 83.3 Å². The number of aliphatic hydroxyl groups excluding tert-OH is 1. The highest BCUT2D eigenvalue weighted by Gasteiger charge is 2.55. The van der Waals surface area contributed by atoms with Crippen molar-refractivity contribution in [1.29, 1.82) is 0 Å². The Bertz CT molecular complexity index is 2230. The van der Waals surface area contributed by atoms with Crippen LogP contribution in [0.15, 0.2) is 150 Å². The van der Waals surface area contributed by atoms with Gasteiger partial charge in [-0.25, -0.2) is 4.79 Å². The van der Waals surface area contributed by atoms with Crippen molar-refractivity contribution in [2.24, 2.45) is 0 Å². The van der Waals surface area contributed by atoms with Gasteiger partial charge in [-0.1, -0.05) is 186 Å². The van der Waals surface area contributed by atoms with Crippen LogP contribution in [0.25, 0.3) is 0 Å². The van der Waals surface area contributed by atoms with E-state index in [1.54, 1.807) is 0 Å². The summed E-state index contributed by atoms with van der Waals surface area (Å²) < 4.78 is 56.7. The molecule has 0 aliphatic carbocycles. The summed E-state index contributed by atoms with van der Waals surface area (Å²) in [6.07, 6.45) is -9.89. The molecule has 5 aromatic carbocycles. The lowest BCUT2D eigenvalue weighted by Gasteiger charge is -2.51. The Morgan fingerprint density at radius 2 is 1.30 bits per heavy atom. The minimum atomic E-state index is -1.88. The molecule has 66 heavy (non-hydrogen) atoms. The normalized spacial score (nSPS) is 27.7. The summed E-state index contributed by atoms with van der Waals surface area (Å²) in [7, 11) is 0. The summed E-state index contributed by atoms with van der Waals surface area (Å²) in [5.41, 5.74) is 3.77. The fourth-order valence-corrected chi connectivity index (χ4v) is 9.22. The number of amides is 1. The topological polar surface area (TPSA) is 132 Å². The minimum absolute atomic E-state index is 0.0450. The predicted octanol–water partition coefficient (Wildman–Crippen LogP) is 9.25. The number of benzene rings is 5. The third-order valence-corrected chi connectivity index (χ3v) is 12.7. The first-order chi connectivity index (χ1) is 32.1. The predicted molar refractivity (Wildman–Crippen MR) is 250 cm³/mol. The molecule has 0 radical (unpaired) electrons. The molecule has 1 amide bonds. The molecule has 0 aromatic heterocycles. The number of fused-ring (bicyclic) bond motifs is 1. The summed E-state index contributed by atoms with van der Waals surface area (Å²) >= 11 is 19.4. The highest BCUT2D eigenvalue weighted by molar-refractivity contribution is 7.99. The number of aliphatic hydroxyl groups is 1. The number of ether oxygens (including phenoxy) is 9. The fourth-order valence-electron chi connectivity index (χ4n) is 7.93. The van der Waals surface area contributed by atoms with Crippen molar-refractivity contribution < 1.29 is 52.5 Å². The number of rotatable bonds is 17. The van der Waals surface area contributed by atoms with Gasteiger partial charge in [0, 0.05) is 10.5 Å². The third kappa shape index (κ3) is 13.5. The molecule has 8 rings (SSSR count). The Kier molecular flexibility index (Phi) is 17.3. The molecule has 3 fully saturated rings. The second-order valence-electron chi connectivity index (χ2n) is 16.2. The average molecular weight is 981 g/mol. The highest BCUT2D eigenvalue weighted by atomic mass is 35.6. The SMILES string of the molecule is Cc1ccc(SC2OC3COC(c4ccccc4)OC3C(OC3OC(COCc4ccccc4)C(OCc4ccccc4)C(OCc4ccccc4)C3O)C2NC(=O)OCC(Cl)(Cl)Cl)cc1. The Balaban J connectivity index is 1.15. The smallest absolute Gasteiger partial charge is 0.407 e. The van der Waals surface area contributed by atoms with Crippen LogP contribution in [0.2, 0.25) is 0 Å². The van der Waals surface area contributed by atoms with Gasteiger partial charge >= 0.3 is 6.09 Å². The molecule has 16 heteroatoms. The molecule has 0 spiro atoms. The molecule has 3 heterocycles. The van der Waals surface area contributed by atoms with Crippen LogP contribution in [0, 0.1) is 6.92 Å². The molecular weight excluding hydrogens is 929 g/mol. The van der Waals surface area contributed by atoms with E-state index in [1.165, 1.54) is 11.8 Å². The zero-order valence-electron chi connectivity index (χ0n) is 36.0. The van der Waals surface area contributed by atoms with E-state index in [0.717, 1.165) is 32.7 Å². The first-order valence-corrected chi connectivity index (χ1v) is 23.7. The van der Waals surface area contributed by atoms with Gasteiger partial charge in [-0.3, -0.25) is 0 Å². The van der Waals surface area contributed by atoms with Gasteiger partial charge in [0.2, 0.25) is 3.79 Å². The fraction of sp³-hybridized carbons (Fsp3) is 0.380. The van der Waals surface area contributed by atoms with Gasteiger partial charge in [-0.05, 0) is 35.7 Å². The van der Waals surface area contributed by atoms with Crippen LogP contribution >= 0.6 is 46.6 Å². The maximum atomic E-state index is 13.7. The molecule has 3 aliphatic rings. The Morgan fingerprint density at radius 1 is 0.727 bits per heavy atom. The number of hydrogen-bond acceptors (Lipinski definition) is 12. The van der Waals surface area contributed by atoms with Crippen molar-refractivity contribution in [2.45, 2.75) is 102 Å². The van der Waals surface area contributed by atoms with Crippen LogP contribution in [-0.4, -0.2) is 95.3 Å². The monoisotopic (exact) mass is 979 g/mol. The summed E-state index contributed by atoms with van der Waals surface area (Å²) in [5, 5.41) is 15.5. The number of hydrogen-bond donors (Lipinski definition) is 2. The van der Waals surface area contributed by atoms with Crippen LogP contribution in [0.3, 0.4) is 0 Å². The molecule has 3 aliphatic heterocycles. The summed E-state index contributed by atoms with van der Waals surface area (Å²) in [6, 6.07) is 45.5. The summed E-state index contributed by atoms with van der Waals surface area (Å²) in [5.74, 6) is 0. The van der Waals surface area contributed by atoms with Gasteiger partial charge in [0.25, 0.3) is 0 Å². The standard InChI is InChI=1S/C50H52Cl3NO11S/c1-32-22-24-37(25-23-32)66-48-40(54-49(56)61-31-50(51,52)53)44(43-39(63-48)30-60-46(64-43)36-20-12-5-13-21-36)65-47-41(55)45(59-28-35-18-10-4-11-19-35)42(58-27-34-16-8-3-9-17-34)38(62-47)29-57-26-33-14-6-2-7-15-33/h2-25,38-48,55H,26-31H2,1H3,(H,54,56). The quantitative estimate of drug-likeness (QED) is 0.0862. The number of alkyl halides is 3. The van der Waals surface area contributed by atoms with Crippen molar-refractivity contribution >= 4 is 52.7 Å². The van der Waals surface area contributed by atoms with Gasteiger partial charge in [-0.2, -0.15) is 0 Å². The number of carbonyl (C=O) groups is 1. The number of halogens is 3. The lowest BCUT2D eigenvalue weighted by molar-refractivity contribution is -0.362. The van der Waals surface area contributed by atoms with E-state index in [1.807, 2.05) is 153 Å². The van der Waals surface area contributed by atoms with Gasteiger partial charge < -0.3 is 53.1 Å². The second kappa shape index (κ2) is 23.5. The van der Waals surface area contributed by atoms with E-state index in [4.69, 9.17) is 77.4 Å². The van der Waals surface area contributed by atoms with Crippen LogP contribution in [0.5, 0.6) is 0 Å². The number of nitrogens with one attached hydrogen (secondary N) is 1. The van der Waals surface area contributed by atoms with Gasteiger partial charge in [-0.15, -0.1) is 0 Å². The molecule has 12 nitrogen and oxygen atoms in total. The molecule has 11 unspecified atom stereocenters. The Labute approximate surface area is 404 Å².